The van der Waals surface area contributed by atoms with Crippen LogP contribution in [0.1, 0.15) is 36.8 Å². The highest BCUT2D eigenvalue weighted by Crippen LogP contribution is 2.38. The molecular weight excluding hydrogens is 611 g/mol. The van der Waals surface area contributed by atoms with Crippen LogP contribution in [0.3, 0.4) is 0 Å². The third-order valence-electron chi connectivity index (χ3n) is 7.77. The maximum Gasteiger partial charge on any atom is 0.243 e. The molecule has 12 heteroatoms. The van der Waals surface area contributed by atoms with Crippen molar-refractivity contribution in [2.24, 2.45) is 5.92 Å². The van der Waals surface area contributed by atoms with E-state index in [1.165, 1.54) is 50.9 Å². The van der Waals surface area contributed by atoms with Gasteiger partial charge < -0.3 is 23.7 Å². The molecule has 0 saturated heterocycles. The second-order valence-corrected chi connectivity index (χ2v) is 12.9. The monoisotopic (exact) mass is 646 g/mol. The van der Waals surface area contributed by atoms with E-state index in [9.17, 15) is 8.42 Å². The van der Waals surface area contributed by atoms with Gasteiger partial charge in [-0.1, -0.05) is 23.7 Å². The molecule has 9 nitrogen and oxygen atoms in total. The van der Waals surface area contributed by atoms with E-state index in [0.717, 1.165) is 0 Å². The van der Waals surface area contributed by atoms with Crippen molar-refractivity contribution < 1.29 is 36.5 Å². The average Bonchev–Trinajstić information content (AvgIpc) is 3.04. The Labute approximate surface area is 263 Å². The van der Waals surface area contributed by atoms with E-state index in [2.05, 4.69) is 6.07 Å². The summed E-state index contributed by atoms with van der Waals surface area (Å²) in [6, 6.07) is 16.6. The number of methoxy groups -OCH3 is 4. The Kier molecular flexibility index (Phi) is 10.8. The molecule has 0 radical (unpaired) electrons. The van der Waals surface area contributed by atoms with Gasteiger partial charge in [0, 0.05) is 42.3 Å². The summed E-state index contributed by atoms with van der Waals surface area (Å²) in [7, 11) is 1.90. The summed E-state index contributed by atoms with van der Waals surface area (Å²) in [5.41, 5.74) is -0.364. The van der Waals surface area contributed by atoms with Crippen LogP contribution < -0.4 is 23.7 Å². The maximum absolute atomic E-state index is 15.3. The van der Waals surface area contributed by atoms with E-state index in [1.54, 1.807) is 36.4 Å². The van der Waals surface area contributed by atoms with Crippen LogP contribution in [0.5, 0.6) is 28.7 Å². The highest BCUT2D eigenvalue weighted by molar-refractivity contribution is 7.89. The van der Waals surface area contributed by atoms with E-state index in [0.29, 0.717) is 47.0 Å². The van der Waals surface area contributed by atoms with Crippen molar-refractivity contribution in [1.29, 1.82) is 5.26 Å². The minimum Gasteiger partial charge on any atom is -0.497 e. The van der Waals surface area contributed by atoms with Gasteiger partial charge in [-0.3, -0.25) is 0 Å². The molecule has 1 fully saturated rings. The number of nitriles is 1. The first-order chi connectivity index (χ1) is 21.0. The van der Waals surface area contributed by atoms with Crippen LogP contribution in [-0.2, 0) is 23.1 Å². The zero-order valence-corrected chi connectivity index (χ0v) is 26.7. The Morgan fingerprint density at radius 3 is 1.86 bits per heavy atom. The molecule has 0 bridgehead atoms. The molecule has 236 valence electrons. The van der Waals surface area contributed by atoms with Crippen LogP contribution in [0.25, 0.3) is 0 Å². The summed E-state index contributed by atoms with van der Waals surface area (Å²) in [6.07, 6.45) is 1.37. The van der Waals surface area contributed by atoms with Gasteiger partial charge in [-0.05, 0) is 56.0 Å². The number of hydrogen-bond acceptors (Lipinski definition) is 8. The second-order valence-electron chi connectivity index (χ2n) is 10.6. The number of sulfonamides is 1. The quantitative estimate of drug-likeness (QED) is 0.205. The molecule has 1 saturated carbocycles. The topological polar surface area (TPSA) is 107 Å². The van der Waals surface area contributed by atoms with E-state index in [1.807, 2.05) is 0 Å². The average molecular weight is 647 g/mol. The Balaban J connectivity index is 1.64. The number of ether oxygens (including phenoxy) is 5. The Morgan fingerprint density at radius 1 is 0.864 bits per heavy atom. The lowest BCUT2D eigenvalue weighted by Gasteiger charge is -2.31. The van der Waals surface area contributed by atoms with E-state index in [-0.39, 0.29) is 54.1 Å². The van der Waals surface area contributed by atoms with Crippen molar-refractivity contribution in [3.8, 4) is 34.8 Å². The lowest BCUT2D eigenvalue weighted by Crippen LogP contribution is -2.35. The summed E-state index contributed by atoms with van der Waals surface area (Å²) in [5.74, 6) is 2.06. The molecule has 3 aromatic carbocycles. The molecule has 0 atom stereocenters. The lowest BCUT2D eigenvalue weighted by molar-refractivity contribution is 0.0395. The van der Waals surface area contributed by atoms with Gasteiger partial charge in [-0.15, -0.1) is 0 Å². The summed E-state index contributed by atoms with van der Waals surface area (Å²) >= 11 is 6.49. The largest absolute Gasteiger partial charge is 0.497 e. The van der Waals surface area contributed by atoms with Gasteiger partial charge in [0.15, 0.2) is 0 Å². The first-order valence-electron chi connectivity index (χ1n) is 14.0. The Morgan fingerprint density at radius 2 is 1.41 bits per heavy atom. The van der Waals surface area contributed by atoms with Crippen LogP contribution >= 0.6 is 11.6 Å². The highest BCUT2D eigenvalue weighted by Gasteiger charge is 2.36. The second kappa shape index (κ2) is 14.4. The zero-order chi connectivity index (χ0) is 31.9. The zero-order valence-electron chi connectivity index (χ0n) is 25.1. The van der Waals surface area contributed by atoms with Crippen molar-refractivity contribution >= 4 is 21.6 Å². The van der Waals surface area contributed by atoms with Crippen molar-refractivity contribution in [3.05, 3.63) is 70.7 Å². The van der Waals surface area contributed by atoms with Gasteiger partial charge in [0.1, 0.15) is 41.0 Å². The number of nitrogens with zero attached hydrogens (tertiary/aromatic N) is 2. The minimum absolute atomic E-state index is 0.0318. The van der Waals surface area contributed by atoms with Crippen molar-refractivity contribution in [1.82, 2.24) is 4.31 Å². The first-order valence-corrected chi connectivity index (χ1v) is 15.8. The van der Waals surface area contributed by atoms with E-state index in [4.69, 9.17) is 40.5 Å². The Hall–Kier alpha value is -3.72. The Bertz CT molecular complexity index is 1550. The molecule has 0 spiro atoms. The first kappa shape index (κ1) is 33.2. The predicted molar refractivity (Wildman–Crippen MR) is 164 cm³/mol. The third-order valence-corrected chi connectivity index (χ3v) is 9.86. The predicted octanol–water partition coefficient (Wildman–Crippen LogP) is 6.57. The smallest absolute Gasteiger partial charge is 0.243 e. The maximum atomic E-state index is 15.3. The molecule has 0 amide bonds. The number of benzene rings is 3. The van der Waals surface area contributed by atoms with Crippen molar-refractivity contribution in [3.63, 3.8) is 0 Å². The molecule has 0 N–H and O–H groups in total. The van der Waals surface area contributed by atoms with Gasteiger partial charge >= 0.3 is 0 Å². The fraction of sp³-hybridized carbons (Fsp3) is 0.406. The number of alkyl halides is 1. The summed E-state index contributed by atoms with van der Waals surface area (Å²) in [4.78, 5) is -0.0701. The van der Waals surface area contributed by atoms with Gasteiger partial charge in [-0.2, -0.15) is 9.57 Å². The SMILES string of the molecule is COc1ccc(CN(Cc2ccc(OC)cc2OC)S(=O)(=O)c2ccc(OCC3(F)CCC(C#N)CC3)c(Cl)c2)c(OC)c1. The van der Waals surface area contributed by atoms with Crippen LogP contribution in [0.2, 0.25) is 5.02 Å². The van der Waals surface area contributed by atoms with Crippen LogP contribution in [0.15, 0.2) is 59.5 Å². The van der Waals surface area contributed by atoms with Crippen LogP contribution in [0, 0.1) is 17.2 Å². The third kappa shape index (κ3) is 7.67. The van der Waals surface area contributed by atoms with E-state index >= 15 is 4.39 Å². The van der Waals surface area contributed by atoms with Crippen LogP contribution in [0.4, 0.5) is 4.39 Å². The molecular formula is C32H36ClFN2O7S. The van der Waals surface area contributed by atoms with Gasteiger partial charge in [0.25, 0.3) is 0 Å². The number of hydrogen-bond donors (Lipinski definition) is 0. The molecule has 3 aromatic rings. The minimum atomic E-state index is -4.16. The molecule has 0 aliphatic heterocycles. The molecule has 0 aromatic heterocycles. The standard InChI is InChI=1S/C32H36ClFN2O7S/c1-39-25-7-5-23(30(15-25)41-3)19-36(20-24-6-8-26(40-2)16-31(24)42-4)44(37,38)27-9-10-29(28(33)17-27)43-21-32(34)13-11-22(18-35)12-14-32/h5-10,15-17,22H,11-14,19-21H2,1-4H3. The molecule has 44 heavy (non-hydrogen) atoms. The fourth-order valence-corrected chi connectivity index (χ4v) is 6.82. The summed E-state index contributed by atoms with van der Waals surface area (Å²) < 4.78 is 72.3. The number of rotatable bonds is 13. The van der Waals surface area contributed by atoms with Gasteiger partial charge in [-0.25, -0.2) is 12.8 Å². The molecule has 0 heterocycles. The highest BCUT2D eigenvalue weighted by atomic mass is 35.5. The summed E-state index contributed by atoms with van der Waals surface area (Å²) in [6.45, 7) is -0.332. The van der Waals surface area contributed by atoms with Crippen molar-refractivity contribution in [2.75, 3.05) is 35.0 Å². The van der Waals surface area contributed by atoms with E-state index < -0.39 is 15.7 Å². The number of halogens is 2. The van der Waals surface area contributed by atoms with Crippen molar-refractivity contribution in [2.45, 2.75) is 49.3 Å². The summed E-state index contributed by atoms with van der Waals surface area (Å²) in [5, 5.41) is 9.13. The van der Waals surface area contributed by atoms with Gasteiger partial charge in [0.2, 0.25) is 10.0 Å². The molecule has 0 unspecified atom stereocenters. The lowest BCUT2D eigenvalue weighted by atomic mass is 9.81. The molecule has 4 rings (SSSR count). The van der Waals surface area contributed by atoms with Gasteiger partial charge in [0.05, 0.1) is 44.4 Å². The fourth-order valence-electron chi connectivity index (χ4n) is 5.09. The normalized spacial score (nSPS) is 18.4. The molecule has 1 aliphatic carbocycles. The van der Waals surface area contributed by atoms with Crippen LogP contribution in [-0.4, -0.2) is 53.4 Å². The molecule has 1 aliphatic rings.